The number of rotatable bonds is 4. The summed E-state index contributed by atoms with van der Waals surface area (Å²) in [5.41, 5.74) is 1.16. The third-order valence-electron chi connectivity index (χ3n) is 4.53. The predicted molar refractivity (Wildman–Crippen MR) is 88.9 cm³/mol. The first kappa shape index (κ1) is 15.9. The Hall–Kier alpha value is -1.02. The van der Waals surface area contributed by atoms with Crippen molar-refractivity contribution in [3.05, 3.63) is 38.3 Å². The van der Waals surface area contributed by atoms with Crippen LogP contribution in [0, 0.1) is 10.1 Å². The molecule has 0 radical (unpaired) electrons. The van der Waals surface area contributed by atoms with Crippen LogP contribution < -0.4 is 5.32 Å². The van der Waals surface area contributed by atoms with Crippen molar-refractivity contribution in [1.82, 2.24) is 15.1 Å². The first-order valence-electron chi connectivity index (χ1n) is 7.73. The second-order valence-corrected chi connectivity index (χ2v) is 6.86. The van der Waals surface area contributed by atoms with Gasteiger partial charge < -0.3 is 5.32 Å². The smallest absolute Gasteiger partial charge is 0.283 e. The monoisotopic (exact) mass is 368 g/mol. The van der Waals surface area contributed by atoms with E-state index in [9.17, 15) is 10.1 Å². The van der Waals surface area contributed by atoms with Crippen molar-refractivity contribution in [2.75, 3.05) is 39.3 Å². The van der Waals surface area contributed by atoms with E-state index in [-0.39, 0.29) is 10.6 Å². The largest absolute Gasteiger partial charge is 0.314 e. The number of piperazine rings is 1. The van der Waals surface area contributed by atoms with E-state index in [0.717, 1.165) is 51.4 Å². The minimum atomic E-state index is -0.332. The molecular weight excluding hydrogens is 348 g/mol. The van der Waals surface area contributed by atoms with Crippen LogP contribution >= 0.6 is 15.9 Å². The molecule has 2 heterocycles. The van der Waals surface area contributed by atoms with Crippen LogP contribution in [0.5, 0.6) is 0 Å². The van der Waals surface area contributed by atoms with Gasteiger partial charge in [-0.25, -0.2) is 0 Å². The van der Waals surface area contributed by atoms with Gasteiger partial charge in [-0.05, 0) is 34.0 Å². The Morgan fingerprint density at radius 3 is 2.82 bits per heavy atom. The molecule has 0 aromatic heterocycles. The van der Waals surface area contributed by atoms with Crippen LogP contribution in [-0.4, -0.2) is 60.0 Å². The number of nitro groups is 1. The Bertz CT molecular complexity index is 548. The van der Waals surface area contributed by atoms with Crippen molar-refractivity contribution >= 4 is 21.6 Å². The van der Waals surface area contributed by atoms with Gasteiger partial charge in [0.15, 0.2) is 0 Å². The lowest BCUT2D eigenvalue weighted by Gasteiger charge is -2.32. The predicted octanol–water partition coefficient (Wildman–Crippen LogP) is 1.84. The Kier molecular flexibility index (Phi) is 5.07. The summed E-state index contributed by atoms with van der Waals surface area (Å²) < 4.78 is 0.543. The third kappa shape index (κ3) is 3.65. The van der Waals surface area contributed by atoms with Crippen molar-refractivity contribution in [1.29, 1.82) is 0 Å². The third-order valence-corrected chi connectivity index (χ3v) is 5.20. The molecule has 6 nitrogen and oxygen atoms in total. The number of nitro benzene ring substituents is 1. The minimum Gasteiger partial charge on any atom is -0.314 e. The highest BCUT2D eigenvalue weighted by molar-refractivity contribution is 9.10. The van der Waals surface area contributed by atoms with Crippen LogP contribution in [0.1, 0.15) is 12.0 Å². The molecule has 1 atom stereocenters. The standard InChI is InChI=1S/C15H21BrN4O2/c16-14-2-1-12(9-15(14)20(21)22)10-18-6-3-13(11-18)19-7-4-17-5-8-19/h1-2,9,13,17H,3-8,10-11H2. The number of nitrogens with zero attached hydrogens (tertiary/aromatic N) is 3. The molecule has 22 heavy (non-hydrogen) atoms. The highest BCUT2D eigenvalue weighted by atomic mass is 79.9. The van der Waals surface area contributed by atoms with Gasteiger partial charge in [0, 0.05) is 57.9 Å². The average molecular weight is 369 g/mol. The minimum absolute atomic E-state index is 0.148. The fourth-order valence-corrected chi connectivity index (χ4v) is 3.75. The number of nitrogens with one attached hydrogen (secondary N) is 1. The second-order valence-electron chi connectivity index (χ2n) is 6.01. The zero-order valence-corrected chi connectivity index (χ0v) is 14.1. The summed E-state index contributed by atoms with van der Waals surface area (Å²) in [6.45, 7) is 7.33. The molecule has 0 bridgehead atoms. The van der Waals surface area contributed by atoms with Crippen molar-refractivity contribution in [2.45, 2.75) is 19.0 Å². The summed E-state index contributed by atoms with van der Waals surface area (Å²) in [4.78, 5) is 15.7. The van der Waals surface area contributed by atoms with E-state index in [1.54, 1.807) is 12.1 Å². The molecule has 2 fully saturated rings. The van der Waals surface area contributed by atoms with Crippen LogP contribution in [-0.2, 0) is 6.54 Å². The van der Waals surface area contributed by atoms with Crippen molar-refractivity contribution < 1.29 is 4.92 Å². The molecular formula is C15H21BrN4O2. The Morgan fingerprint density at radius 1 is 1.32 bits per heavy atom. The van der Waals surface area contributed by atoms with E-state index in [1.807, 2.05) is 6.07 Å². The normalized spacial score (nSPS) is 23.8. The highest BCUT2D eigenvalue weighted by Crippen LogP contribution is 2.27. The van der Waals surface area contributed by atoms with Crippen molar-refractivity contribution in [3.63, 3.8) is 0 Å². The maximum Gasteiger partial charge on any atom is 0.283 e. The van der Waals surface area contributed by atoms with Gasteiger partial charge in [0.2, 0.25) is 0 Å². The summed E-state index contributed by atoms with van der Waals surface area (Å²) in [6, 6.07) is 6.06. The van der Waals surface area contributed by atoms with Gasteiger partial charge in [-0.1, -0.05) is 6.07 Å². The van der Waals surface area contributed by atoms with E-state index < -0.39 is 0 Å². The Labute approximate surface area is 138 Å². The first-order chi connectivity index (χ1) is 10.6. The SMILES string of the molecule is O=[N+]([O-])c1cc(CN2CCC(N3CCNCC3)C2)ccc1Br. The van der Waals surface area contributed by atoms with E-state index in [4.69, 9.17) is 0 Å². The number of hydrogen-bond donors (Lipinski definition) is 1. The Morgan fingerprint density at radius 2 is 2.09 bits per heavy atom. The van der Waals surface area contributed by atoms with Gasteiger partial charge in [-0.15, -0.1) is 0 Å². The molecule has 3 rings (SSSR count). The topological polar surface area (TPSA) is 61.7 Å². The number of likely N-dealkylation sites (tertiary alicyclic amines) is 1. The molecule has 1 N–H and O–H groups in total. The zero-order valence-electron chi connectivity index (χ0n) is 12.5. The van der Waals surface area contributed by atoms with Gasteiger partial charge in [-0.3, -0.25) is 19.9 Å². The fraction of sp³-hybridized carbons (Fsp3) is 0.600. The van der Waals surface area contributed by atoms with Gasteiger partial charge in [0.1, 0.15) is 0 Å². The Balaban J connectivity index is 1.60. The van der Waals surface area contributed by atoms with Gasteiger partial charge >= 0.3 is 0 Å². The maximum atomic E-state index is 11.0. The number of halogens is 1. The van der Waals surface area contributed by atoms with Crippen molar-refractivity contribution in [2.24, 2.45) is 0 Å². The lowest BCUT2D eigenvalue weighted by Crippen LogP contribution is -2.49. The van der Waals surface area contributed by atoms with E-state index in [2.05, 4.69) is 31.0 Å². The van der Waals surface area contributed by atoms with E-state index >= 15 is 0 Å². The quantitative estimate of drug-likeness (QED) is 0.648. The average Bonchev–Trinajstić information content (AvgIpc) is 2.98. The van der Waals surface area contributed by atoms with Crippen LogP contribution in [0.15, 0.2) is 22.7 Å². The van der Waals surface area contributed by atoms with Crippen LogP contribution in [0.2, 0.25) is 0 Å². The lowest BCUT2D eigenvalue weighted by molar-refractivity contribution is -0.385. The molecule has 2 aliphatic heterocycles. The molecule has 2 saturated heterocycles. The lowest BCUT2D eigenvalue weighted by atomic mass is 10.2. The zero-order chi connectivity index (χ0) is 15.5. The summed E-state index contributed by atoms with van der Waals surface area (Å²) >= 11 is 3.24. The molecule has 0 aliphatic carbocycles. The number of hydrogen-bond acceptors (Lipinski definition) is 5. The van der Waals surface area contributed by atoms with Crippen molar-refractivity contribution in [3.8, 4) is 0 Å². The number of benzene rings is 1. The van der Waals surface area contributed by atoms with E-state index in [0.29, 0.717) is 10.5 Å². The molecule has 1 unspecified atom stereocenters. The van der Waals surface area contributed by atoms with Crippen LogP contribution in [0.25, 0.3) is 0 Å². The molecule has 120 valence electrons. The molecule has 0 spiro atoms. The summed E-state index contributed by atoms with van der Waals surface area (Å²) in [5, 5.41) is 14.4. The molecule has 0 amide bonds. The molecule has 1 aromatic carbocycles. The molecule has 7 heteroatoms. The summed E-state index contributed by atoms with van der Waals surface area (Å²) in [6.07, 6.45) is 1.19. The molecule has 1 aromatic rings. The fourth-order valence-electron chi connectivity index (χ4n) is 3.36. The maximum absolute atomic E-state index is 11.0. The summed E-state index contributed by atoms with van der Waals surface area (Å²) in [7, 11) is 0. The van der Waals surface area contributed by atoms with Crippen LogP contribution in [0.3, 0.4) is 0 Å². The van der Waals surface area contributed by atoms with Gasteiger partial charge in [0.25, 0.3) is 5.69 Å². The van der Waals surface area contributed by atoms with E-state index in [1.165, 1.54) is 6.42 Å². The van der Waals surface area contributed by atoms with Crippen LogP contribution in [0.4, 0.5) is 5.69 Å². The molecule has 2 aliphatic rings. The molecule has 0 saturated carbocycles. The highest BCUT2D eigenvalue weighted by Gasteiger charge is 2.28. The first-order valence-corrected chi connectivity index (χ1v) is 8.53. The van der Waals surface area contributed by atoms with Gasteiger partial charge in [0.05, 0.1) is 9.40 Å². The summed E-state index contributed by atoms with van der Waals surface area (Å²) in [5.74, 6) is 0. The second kappa shape index (κ2) is 7.04. The van der Waals surface area contributed by atoms with Gasteiger partial charge in [-0.2, -0.15) is 0 Å².